The number of nitrogens with zero attached hydrogens (tertiary/aromatic N) is 3. The van der Waals surface area contributed by atoms with E-state index in [4.69, 9.17) is 4.52 Å². The second kappa shape index (κ2) is 7.09. The van der Waals surface area contributed by atoms with Gasteiger partial charge in [0.2, 0.25) is 11.8 Å². The number of aromatic nitrogens is 2. The van der Waals surface area contributed by atoms with E-state index in [1.165, 1.54) is 6.07 Å². The van der Waals surface area contributed by atoms with E-state index in [0.717, 1.165) is 18.7 Å². The average molecular weight is 332 g/mol. The van der Waals surface area contributed by atoms with E-state index in [1.807, 2.05) is 0 Å². The van der Waals surface area contributed by atoms with Gasteiger partial charge < -0.3 is 9.84 Å². The summed E-state index contributed by atoms with van der Waals surface area (Å²) in [6.07, 6.45) is 2.69. The molecular formula is C17H21FN4O2. The summed E-state index contributed by atoms with van der Waals surface area (Å²) in [5.41, 5.74) is 0.355. The number of benzene rings is 1. The predicted molar refractivity (Wildman–Crippen MR) is 85.8 cm³/mol. The Morgan fingerprint density at radius 2 is 2.17 bits per heavy atom. The zero-order valence-corrected chi connectivity index (χ0v) is 13.8. The number of carbonyl (C=O) groups excluding carboxylic acids is 1. The second-order valence-electron chi connectivity index (χ2n) is 6.25. The number of nitrogens with one attached hydrogen (secondary N) is 1. The van der Waals surface area contributed by atoms with Gasteiger partial charge in [-0.2, -0.15) is 4.98 Å². The first-order valence-corrected chi connectivity index (χ1v) is 8.07. The van der Waals surface area contributed by atoms with Crippen LogP contribution in [-0.2, 0) is 11.2 Å². The van der Waals surface area contributed by atoms with Crippen LogP contribution in [-0.4, -0.2) is 41.6 Å². The minimum atomic E-state index is -0.684. The molecule has 1 aromatic heterocycles. The van der Waals surface area contributed by atoms with Crippen LogP contribution < -0.4 is 5.32 Å². The number of likely N-dealkylation sites (N-methyl/N-ethyl adjacent to an activating group) is 1. The first-order valence-electron chi connectivity index (χ1n) is 8.07. The van der Waals surface area contributed by atoms with Crippen LogP contribution in [0, 0.1) is 5.82 Å². The molecule has 1 saturated carbocycles. The molecule has 3 rings (SSSR count). The zero-order valence-electron chi connectivity index (χ0n) is 13.8. The standard InChI is InChI=1S/C17H21FN4O2/c1-22(2)15(12-5-3-4-6-13(12)18)17(23)19-10-9-14-20-16(21-24-14)11-7-8-11/h3-6,11,15H,7-10H2,1-2H3,(H,19,23)/t15-/m1/s1. The molecule has 1 heterocycles. The third-order valence-electron chi connectivity index (χ3n) is 4.03. The summed E-state index contributed by atoms with van der Waals surface area (Å²) < 4.78 is 19.2. The highest BCUT2D eigenvalue weighted by molar-refractivity contribution is 5.83. The molecule has 0 aliphatic heterocycles. The van der Waals surface area contributed by atoms with Crippen LogP contribution >= 0.6 is 0 Å². The van der Waals surface area contributed by atoms with E-state index in [0.29, 0.717) is 30.3 Å². The maximum absolute atomic E-state index is 14.0. The number of hydrogen-bond donors (Lipinski definition) is 1. The van der Waals surface area contributed by atoms with Gasteiger partial charge in [-0.15, -0.1) is 0 Å². The van der Waals surface area contributed by atoms with Crippen molar-refractivity contribution in [3.8, 4) is 0 Å². The molecule has 24 heavy (non-hydrogen) atoms. The van der Waals surface area contributed by atoms with E-state index >= 15 is 0 Å². The fraction of sp³-hybridized carbons (Fsp3) is 0.471. The second-order valence-corrected chi connectivity index (χ2v) is 6.25. The van der Waals surface area contributed by atoms with Crippen molar-refractivity contribution >= 4 is 5.91 Å². The predicted octanol–water partition coefficient (Wildman–Crippen LogP) is 2.05. The van der Waals surface area contributed by atoms with Gasteiger partial charge in [-0.1, -0.05) is 23.4 Å². The van der Waals surface area contributed by atoms with Crippen molar-refractivity contribution in [2.45, 2.75) is 31.2 Å². The fourth-order valence-electron chi connectivity index (χ4n) is 2.62. The molecule has 2 aromatic rings. The van der Waals surface area contributed by atoms with Gasteiger partial charge in [0.1, 0.15) is 11.9 Å². The van der Waals surface area contributed by atoms with E-state index in [9.17, 15) is 9.18 Å². The van der Waals surface area contributed by atoms with Gasteiger partial charge in [-0.25, -0.2) is 4.39 Å². The van der Waals surface area contributed by atoms with Crippen LogP contribution in [0.1, 0.15) is 42.1 Å². The first kappa shape index (κ1) is 16.6. The topological polar surface area (TPSA) is 71.3 Å². The van der Waals surface area contributed by atoms with E-state index in [2.05, 4.69) is 15.5 Å². The lowest BCUT2D eigenvalue weighted by Gasteiger charge is -2.24. The van der Waals surface area contributed by atoms with Gasteiger partial charge in [-0.3, -0.25) is 9.69 Å². The highest BCUT2D eigenvalue weighted by Gasteiger charge is 2.29. The van der Waals surface area contributed by atoms with Crippen molar-refractivity contribution in [3.63, 3.8) is 0 Å². The molecular weight excluding hydrogens is 311 g/mol. The highest BCUT2D eigenvalue weighted by Crippen LogP contribution is 2.38. The lowest BCUT2D eigenvalue weighted by atomic mass is 10.0. The molecule has 1 atom stereocenters. The largest absolute Gasteiger partial charge is 0.354 e. The summed E-state index contributed by atoms with van der Waals surface area (Å²) in [5.74, 6) is 1.07. The summed E-state index contributed by atoms with van der Waals surface area (Å²) in [4.78, 5) is 18.5. The van der Waals surface area contributed by atoms with Gasteiger partial charge in [0.05, 0.1) is 0 Å². The van der Waals surface area contributed by atoms with Crippen molar-refractivity contribution in [3.05, 3.63) is 47.4 Å². The van der Waals surface area contributed by atoms with Gasteiger partial charge in [0, 0.05) is 24.4 Å². The molecule has 0 spiro atoms. The molecule has 6 nitrogen and oxygen atoms in total. The van der Waals surface area contributed by atoms with E-state index in [-0.39, 0.29) is 5.91 Å². The molecule has 0 saturated heterocycles. The Bertz CT molecular complexity index is 712. The third kappa shape index (κ3) is 3.79. The number of amides is 1. The van der Waals surface area contributed by atoms with Crippen LogP contribution in [0.2, 0.25) is 0 Å². The molecule has 0 unspecified atom stereocenters. The van der Waals surface area contributed by atoms with Gasteiger partial charge in [0.25, 0.3) is 0 Å². The third-order valence-corrected chi connectivity index (χ3v) is 4.03. The summed E-state index contributed by atoms with van der Waals surface area (Å²) in [7, 11) is 3.49. The van der Waals surface area contributed by atoms with Crippen molar-refractivity contribution in [1.82, 2.24) is 20.4 Å². The molecule has 0 bridgehead atoms. The Labute approximate surface area is 140 Å². The molecule has 1 aliphatic rings. The van der Waals surface area contributed by atoms with Gasteiger partial charge in [-0.05, 0) is 33.0 Å². The Hall–Kier alpha value is -2.28. The Morgan fingerprint density at radius 1 is 1.42 bits per heavy atom. The molecule has 1 N–H and O–H groups in total. The SMILES string of the molecule is CN(C)[C@@H](C(=O)NCCc1nc(C2CC2)no1)c1ccccc1F. The van der Waals surface area contributed by atoms with E-state index < -0.39 is 11.9 Å². The Morgan fingerprint density at radius 3 is 2.83 bits per heavy atom. The van der Waals surface area contributed by atoms with Crippen molar-refractivity contribution < 1.29 is 13.7 Å². The number of halogens is 1. The van der Waals surface area contributed by atoms with Crippen LogP contribution in [0.4, 0.5) is 4.39 Å². The Kier molecular flexibility index (Phi) is 4.89. The van der Waals surface area contributed by atoms with Crippen molar-refractivity contribution in [1.29, 1.82) is 0 Å². The molecule has 1 amide bonds. The maximum atomic E-state index is 14.0. The summed E-state index contributed by atoms with van der Waals surface area (Å²) in [5, 5.41) is 6.76. The fourth-order valence-corrected chi connectivity index (χ4v) is 2.62. The lowest BCUT2D eigenvalue weighted by molar-refractivity contribution is -0.125. The average Bonchev–Trinajstić information content (AvgIpc) is 3.29. The summed E-state index contributed by atoms with van der Waals surface area (Å²) in [6, 6.07) is 5.63. The van der Waals surface area contributed by atoms with E-state index in [1.54, 1.807) is 37.2 Å². The van der Waals surface area contributed by atoms with Crippen molar-refractivity contribution in [2.24, 2.45) is 0 Å². The van der Waals surface area contributed by atoms with Crippen LogP contribution in [0.5, 0.6) is 0 Å². The number of rotatable bonds is 7. The van der Waals surface area contributed by atoms with Gasteiger partial charge >= 0.3 is 0 Å². The van der Waals surface area contributed by atoms with Crippen LogP contribution in [0.15, 0.2) is 28.8 Å². The number of carbonyl (C=O) groups is 1. The van der Waals surface area contributed by atoms with Crippen molar-refractivity contribution in [2.75, 3.05) is 20.6 Å². The monoisotopic (exact) mass is 332 g/mol. The van der Waals surface area contributed by atoms with Crippen LogP contribution in [0.3, 0.4) is 0 Å². The minimum absolute atomic E-state index is 0.257. The molecule has 128 valence electrons. The summed E-state index contributed by atoms with van der Waals surface area (Å²) in [6.45, 7) is 0.365. The maximum Gasteiger partial charge on any atom is 0.242 e. The molecule has 0 radical (unpaired) electrons. The van der Waals surface area contributed by atoms with Crippen LogP contribution in [0.25, 0.3) is 0 Å². The normalized spacial score (nSPS) is 15.5. The minimum Gasteiger partial charge on any atom is -0.354 e. The Balaban J connectivity index is 1.58. The first-order chi connectivity index (χ1) is 11.6. The molecule has 7 heteroatoms. The molecule has 1 fully saturated rings. The van der Waals surface area contributed by atoms with Gasteiger partial charge in [0.15, 0.2) is 5.82 Å². The lowest BCUT2D eigenvalue weighted by Crippen LogP contribution is -2.38. The quantitative estimate of drug-likeness (QED) is 0.840. The zero-order chi connectivity index (χ0) is 17.1. The molecule has 1 aromatic carbocycles. The highest BCUT2D eigenvalue weighted by atomic mass is 19.1. The smallest absolute Gasteiger partial charge is 0.242 e. The molecule has 1 aliphatic carbocycles. The number of hydrogen-bond acceptors (Lipinski definition) is 5. The summed E-state index contributed by atoms with van der Waals surface area (Å²) >= 11 is 0.